The molecular weight excluding hydrogens is 341 g/mol. The Hall–Kier alpha value is -2.37. The van der Waals surface area contributed by atoms with E-state index in [-0.39, 0.29) is 17.6 Å². The molecule has 3 rings (SSSR count). The summed E-state index contributed by atoms with van der Waals surface area (Å²) < 4.78 is 15.2. The summed E-state index contributed by atoms with van der Waals surface area (Å²) in [7, 11) is 0. The normalized spacial score (nSPS) is 12.3. The number of rotatable bonds is 5. The molecule has 0 amide bonds. The lowest BCUT2D eigenvalue weighted by Gasteiger charge is -2.15. The van der Waals surface area contributed by atoms with Gasteiger partial charge in [-0.05, 0) is 50.2 Å². The number of nitrogens with zero attached hydrogens (tertiary/aromatic N) is 2. The van der Waals surface area contributed by atoms with E-state index in [4.69, 9.17) is 11.6 Å². The topological polar surface area (TPSA) is 50.1 Å². The van der Waals surface area contributed by atoms with Crippen molar-refractivity contribution < 1.29 is 9.50 Å². The van der Waals surface area contributed by atoms with E-state index < -0.39 is 0 Å². The van der Waals surface area contributed by atoms with Crippen LogP contribution in [0.3, 0.4) is 0 Å². The van der Waals surface area contributed by atoms with E-state index in [0.29, 0.717) is 17.3 Å². The first kappa shape index (κ1) is 17.5. The van der Waals surface area contributed by atoms with E-state index in [1.807, 2.05) is 19.9 Å². The first-order valence-electron chi connectivity index (χ1n) is 7.97. The molecule has 1 atom stereocenters. The molecule has 0 aliphatic carbocycles. The third kappa shape index (κ3) is 3.83. The summed E-state index contributed by atoms with van der Waals surface area (Å²) in [5, 5.41) is 18.2. The van der Waals surface area contributed by atoms with Gasteiger partial charge >= 0.3 is 0 Å². The number of nitrogens with one attached hydrogen (secondary N) is 1. The number of aromatic hydroxyl groups is 1. The van der Waals surface area contributed by atoms with Crippen LogP contribution in [0.2, 0.25) is 5.02 Å². The Kier molecular flexibility index (Phi) is 5.06. The third-order valence-electron chi connectivity index (χ3n) is 4.21. The van der Waals surface area contributed by atoms with Crippen LogP contribution < -0.4 is 5.32 Å². The van der Waals surface area contributed by atoms with Crippen LogP contribution >= 0.6 is 11.6 Å². The molecule has 0 saturated heterocycles. The van der Waals surface area contributed by atoms with Gasteiger partial charge in [0.15, 0.2) is 0 Å². The molecule has 4 nitrogen and oxygen atoms in total. The Morgan fingerprint density at radius 1 is 1.28 bits per heavy atom. The van der Waals surface area contributed by atoms with Gasteiger partial charge in [-0.25, -0.2) is 9.07 Å². The molecule has 0 aliphatic heterocycles. The van der Waals surface area contributed by atoms with Gasteiger partial charge < -0.3 is 10.4 Å². The quantitative estimate of drug-likeness (QED) is 0.703. The smallest absolute Gasteiger partial charge is 0.125 e. The highest BCUT2D eigenvalue weighted by molar-refractivity contribution is 6.30. The van der Waals surface area contributed by atoms with Crippen LogP contribution in [0.5, 0.6) is 5.75 Å². The van der Waals surface area contributed by atoms with E-state index in [9.17, 15) is 9.50 Å². The fourth-order valence-corrected chi connectivity index (χ4v) is 2.98. The zero-order valence-corrected chi connectivity index (χ0v) is 14.8. The van der Waals surface area contributed by atoms with Crippen LogP contribution in [0.4, 0.5) is 4.39 Å². The molecule has 0 aliphatic rings. The molecule has 2 aromatic carbocycles. The first-order chi connectivity index (χ1) is 12.0. The molecular formula is C19H19ClFN3O. The minimum Gasteiger partial charge on any atom is -0.508 e. The van der Waals surface area contributed by atoms with Gasteiger partial charge in [-0.15, -0.1) is 0 Å². The SMILES string of the molecule is Cc1c([C@@H](C)NCc2cc(Cl)ccc2O)cnn1-c1cccc(F)c1. The van der Waals surface area contributed by atoms with Gasteiger partial charge in [0.1, 0.15) is 11.6 Å². The number of hydrogen-bond acceptors (Lipinski definition) is 3. The van der Waals surface area contributed by atoms with Crippen molar-refractivity contribution in [2.24, 2.45) is 0 Å². The molecule has 2 N–H and O–H groups in total. The van der Waals surface area contributed by atoms with Crippen molar-refractivity contribution >= 4 is 11.6 Å². The van der Waals surface area contributed by atoms with Crippen LogP contribution in [0, 0.1) is 12.7 Å². The molecule has 130 valence electrons. The van der Waals surface area contributed by atoms with Gasteiger partial charge in [0.05, 0.1) is 11.9 Å². The Morgan fingerprint density at radius 3 is 2.84 bits per heavy atom. The molecule has 1 aromatic heterocycles. The highest BCUT2D eigenvalue weighted by Crippen LogP contribution is 2.24. The standard InChI is InChI=1S/C19H19ClFN3O/c1-12(22-10-14-8-15(20)6-7-19(14)25)18-11-23-24(13(18)2)17-5-3-4-16(21)9-17/h3-9,11-12,22,25H,10H2,1-2H3/t12-/m1/s1. The van der Waals surface area contributed by atoms with Crippen molar-refractivity contribution in [3.8, 4) is 11.4 Å². The maximum absolute atomic E-state index is 13.4. The van der Waals surface area contributed by atoms with Gasteiger partial charge in [0, 0.05) is 34.4 Å². The van der Waals surface area contributed by atoms with Crippen LogP contribution in [0.25, 0.3) is 5.69 Å². The van der Waals surface area contributed by atoms with Gasteiger partial charge in [-0.2, -0.15) is 5.10 Å². The van der Waals surface area contributed by atoms with E-state index >= 15 is 0 Å². The predicted molar refractivity (Wildman–Crippen MR) is 96.6 cm³/mol. The fraction of sp³-hybridized carbons (Fsp3) is 0.211. The maximum Gasteiger partial charge on any atom is 0.125 e. The minimum absolute atomic E-state index is 0.000640. The summed E-state index contributed by atoms with van der Waals surface area (Å²) in [5.74, 6) is -0.0900. The van der Waals surface area contributed by atoms with Crippen molar-refractivity contribution in [3.63, 3.8) is 0 Å². The van der Waals surface area contributed by atoms with Crippen molar-refractivity contribution in [1.29, 1.82) is 0 Å². The van der Waals surface area contributed by atoms with Gasteiger partial charge in [0.2, 0.25) is 0 Å². The van der Waals surface area contributed by atoms with E-state index in [0.717, 1.165) is 16.8 Å². The number of aromatic nitrogens is 2. The molecule has 6 heteroatoms. The summed E-state index contributed by atoms with van der Waals surface area (Å²) in [6.45, 7) is 4.43. The molecule has 0 fully saturated rings. The Labute approximate surface area is 150 Å². The zero-order chi connectivity index (χ0) is 18.0. The van der Waals surface area contributed by atoms with Crippen LogP contribution in [0.15, 0.2) is 48.7 Å². The summed E-state index contributed by atoms with van der Waals surface area (Å²) in [6, 6.07) is 11.3. The zero-order valence-electron chi connectivity index (χ0n) is 14.0. The third-order valence-corrected chi connectivity index (χ3v) is 4.44. The van der Waals surface area contributed by atoms with Crippen molar-refractivity contribution in [1.82, 2.24) is 15.1 Å². The fourth-order valence-electron chi connectivity index (χ4n) is 2.78. The molecule has 0 radical (unpaired) electrons. The summed E-state index contributed by atoms with van der Waals surface area (Å²) in [4.78, 5) is 0. The maximum atomic E-state index is 13.4. The Morgan fingerprint density at radius 2 is 2.08 bits per heavy atom. The number of phenols is 1. The van der Waals surface area contributed by atoms with Crippen molar-refractivity contribution in [2.75, 3.05) is 0 Å². The van der Waals surface area contributed by atoms with Gasteiger partial charge in [0.25, 0.3) is 0 Å². The average Bonchev–Trinajstić information content (AvgIpc) is 2.97. The molecule has 1 heterocycles. The molecule has 0 unspecified atom stereocenters. The molecule has 3 aromatic rings. The number of hydrogen-bond donors (Lipinski definition) is 2. The first-order valence-corrected chi connectivity index (χ1v) is 8.34. The highest BCUT2D eigenvalue weighted by atomic mass is 35.5. The monoisotopic (exact) mass is 359 g/mol. The Bertz CT molecular complexity index is 894. The summed E-state index contributed by atoms with van der Waals surface area (Å²) in [6.07, 6.45) is 1.77. The van der Waals surface area contributed by atoms with E-state index in [1.54, 1.807) is 35.1 Å². The van der Waals surface area contributed by atoms with Crippen LogP contribution in [-0.4, -0.2) is 14.9 Å². The van der Waals surface area contributed by atoms with Crippen LogP contribution in [-0.2, 0) is 6.54 Å². The number of halogens is 2. The average molecular weight is 360 g/mol. The largest absolute Gasteiger partial charge is 0.508 e. The lowest BCUT2D eigenvalue weighted by Crippen LogP contribution is -2.18. The van der Waals surface area contributed by atoms with Crippen LogP contribution in [0.1, 0.15) is 29.8 Å². The second-order valence-corrected chi connectivity index (χ2v) is 6.39. The van der Waals surface area contributed by atoms with E-state index in [1.165, 1.54) is 12.1 Å². The second kappa shape index (κ2) is 7.25. The summed E-state index contributed by atoms with van der Waals surface area (Å²) in [5.41, 5.74) is 3.35. The van der Waals surface area contributed by atoms with Crippen molar-refractivity contribution in [3.05, 3.63) is 76.3 Å². The highest BCUT2D eigenvalue weighted by Gasteiger charge is 2.15. The molecule has 25 heavy (non-hydrogen) atoms. The van der Waals surface area contributed by atoms with Gasteiger partial charge in [-0.1, -0.05) is 17.7 Å². The molecule has 0 bridgehead atoms. The molecule has 0 spiro atoms. The summed E-state index contributed by atoms with van der Waals surface area (Å²) >= 11 is 5.98. The second-order valence-electron chi connectivity index (χ2n) is 5.95. The predicted octanol–water partition coefficient (Wildman–Crippen LogP) is 4.53. The molecule has 0 saturated carbocycles. The Balaban J connectivity index is 1.77. The van der Waals surface area contributed by atoms with Gasteiger partial charge in [-0.3, -0.25) is 0 Å². The lowest BCUT2D eigenvalue weighted by atomic mass is 10.1. The lowest BCUT2D eigenvalue weighted by molar-refractivity contribution is 0.460. The minimum atomic E-state index is -0.295. The van der Waals surface area contributed by atoms with Crippen molar-refractivity contribution in [2.45, 2.75) is 26.4 Å². The number of benzene rings is 2. The number of phenolic OH excluding ortho intramolecular Hbond substituents is 1. The van der Waals surface area contributed by atoms with E-state index in [2.05, 4.69) is 10.4 Å².